The Labute approximate surface area is 160 Å². The van der Waals surface area contributed by atoms with Crippen LogP contribution in [0.15, 0.2) is 0 Å². The zero-order chi connectivity index (χ0) is 19.5. The lowest BCUT2D eigenvalue weighted by atomic mass is 10.1. The van der Waals surface area contributed by atoms with E-state index in [0.29, 0.717) is 19.6 Å². The maximum absolute atomic E-state index is 12.2. The van der Waals surface area contributed by atoms with Gasteiger partial charge in [0.1, 0.15) is 6.04 Å². The van der Waals surface area contributed by atoms with Gasteiger partial charge in [-0.3, -0.25) is 0 Å². The molecule has 0 aromatic carbocycles. The molecule has 0 saturated carbocycles. The molecule has 0 fully saturated rings. The van der Waals surface area contributed by atoms with Gasteiger partial charge in [-0.05, 0) is 19.8 Å². The van der Waals surface area contributed by atoms with Gasteiger partial charge in [0.05, 0.1) is 13.2 Å². The summed E-state index contributed by atoms with van der Waals surface area (Å²) in [6.45, 7) is 6.76. The van der Waals surface area contributed by atoms with E-state index in [4.69, 9.17) is 9.47 Å². The highest BCUT2D eigenvalue weighted by Crippen LogP contribution is 2.11. The van der Waals surface area contributed by atoms with Crippen molar-refractivity contribution in [3.8, 4) is 0 Å². The molecule has 0 aliphatic carbocycles. The van der Waals surface area contributed by atoms with Crippen molar-refractivity contribution >= 4 is 12.1 Å². The third-order valence-corrected chi connectivity index (χ3v) is 4.44. The van der Waals surface area contributed by atoms with Crippen LogP contribution in [0.25, 0.3) is 0 Å². The van der Waals surface area contributed by atoms with Gasteiger partial charge in [0, 0.05) is 0 Å². The maximum atomic E-state index is 12.2. The number of alkyl carbamates (subject to hydrolysis) is 1. The third kappa shape index (κ3) is 15.0. The molecule has 1 amide bonds. The van der Waals surface area contributed by atoms with Gasteiger partial charge in [-0.25, -0.2) is 9.59 Å². The molecule has 26 heavy (non-hydrogen) atoms. The Morgan fingerprint density at radius 3 is 1.81 bits per heavy atom. The summed E-state index contributed by atoms with van der Waals surface area (Å²) in [7, 11) is 0. The standard InChI is InChI=1S/C21H41NO4/c1-4-7-9-10-11-12-13-14-15-16-18-26-20(23)19(17-8-5-2)22-21(24)25-6-3/h19H,4-18H2,1-3H3,(H,22,24). The first-order valence-electron chi connectivity index (χ1n) is 10.8. The SMILES string of the molecule is CCCCCCCCCCCCOC(=O)C(CCCC)NC(=O)OCC. The van der Waals surface area contributed by atoms with Crippen LogP contribution < -0.4 is 5.32 Å². The normalized spacial score (nSPS) is 11.8. The van der Waals surface area contributed by atoms with Gasteiger partial charge in [-0.15, -0.1) is 0 Å². The summed E-state index contributed by atoms with van der Waals surface area (Å²) in [5, 5.41) is 2.61. The topological polar surface area (TPSA) is 64.6 Å². The number of carbonyl (C=O) groups is 2. The number of hydrogen-bond acceptors (Lipinski definition) is 4. The van der Waals surface area contributed by atoms with Gasteiger partial charge in [-0.1, -0.05) is 84.5 Å². The van der Waals surface area contributed by atoms with E-state index in [9.17, 15) is 9.59 Å². The van der Waals surface area contributed by atoms with Crippen molar-refractivity contribution in [1.29, 1.82) is 0 Å². The number of unbranched alkanes of at least 4 members (excludes halogenated alkanes) is 10. The van der Waals surface area contributed by atoms with E-state index in [1.165, 1.54) is 51.4 Å². The van der Waals surface area contributed by atoms with E-state index in [0.717, 1.165) is 25.7 Å². The highest BCUT2D eigenvalue weighted by atomic mass is 16.6. The van der Waals surface area contributed by atoms with E-state index in [-0.39, 0.29) is 5.97 Å². The predicted octanol–water partition coefficient (Wildman–Crippen LogP) is 5.76. The largest absolute Gasteiger partial charge is 0.464 e. The summed E-state index contributed by atoms with van der Waals surface area (Å²) in [4.78, 5) is 23.7. The van der Waals surface area contributed by atoms with Crippen molar-refractivity contribution in [3.05, 3.63) is 0 Å². The van der Waals surface area contributed by atoms with Crippen LogP contribution in [-0.4, -0.2) is 31.3 Å². The van der Waals surface area contributed by atoms with Crippen molar-refractivity contribution < 1.29 is 19.1 Å². The highest BCUT2D eigenvalue weighted by molar-refractivity contribution is 5.81. The molecule has 0 spiro atoms. The lowest BCUT2D eigenvalue weighted by molar-refractivity contribution is -0.146. The number of ether oxygens (including phenoxy) is 2. The van der Waals surface area contributed by atoms with Crippen LogP contribution in [0, 0.1) is 0 Å². The van der Waals surface area contributed by atoms with Crippen LogP contribution in [0.4, 0.5) is 4.79 Å². The van der Waals surface area contributed by atoms with Crippen molar-refractivity contribution in [2.75, 3.05) is 13.2 Å². The predicted molar refractivity (Wildman–Crippen MR) is 106 cm³/mol. The molecule has 0 radical (unpaired) electrons. The molecule has 5 heteroatoms. The Balaban J connectivity index is 3.75. The summed E-state index contributed by atoms with van der Waals surface area (Å²) in [6.07, 6.45) is 14.4. The monoisotopic (exact) mass is 371 g/mol. The van der Waals surface area contributed by atoms with Crippen LogP contribution in [0.2, 0.25) is 0 Å². The minimum atomic E-state index is -0.600. The van der Waals surface area contributed by atoms with Gasteiger partial charge in [-0.2, -0.15) is 0 Å². The number of amides is 1. The summed E-state index contributed by atoms with van der Waals surface area (Å²) >= 11 is 0. The molecule has 0 heterocycles. The van der Waals surface area contributed by atoms with Crippen LogP contribution in [0.3, 0.4) is 0 Å². The molecule has 0 aromatic rings. The van der Waals surface area contributed by atoms with E-state index in [2.05, 4.69) is 19.2 Å². The van der Waals surface area contributed by atoms with Crippen molar-refractivity contribution in [3.63, 3.8) is 0 Å². The molecule has 154 valence electrons. The second kappa shape index (κ2) is 18.5. The second-order valence-electron chi connectivity index (χ2n) is 6.91. The first kappa shape index (κ1) is 24.7. The molecule has 0 saturated heterocycles. The average Bonchev–Trinajstić information content (AvgIpc) is 2.63. The quantitative estimate of drug-likeness (QED) is 0.261. The number of nitrogens with one attached hydrogen (secondary N) is 1. The summed E-state index contributed by atoms with van der Waals surface area (Å²) in [5.41, 5.74) is 0. The molecule has 0 rings (SSSR count). The lowest BCUT2D eigenvalue weighted by Crippen LogP contribution is -2.42. The molecule has 5 nitrogen and oxygen atoms in total. The molecule has 1 unspecified atom stereocenters. The van der Waals surface area contributed by atoms with E-state index in [1.807, 2.05) is 0 Å². The third-order valence-electron chi connectivity index (χ3n) is 4.44. The van der Waals surface area contributed by atoms with Gasteiger partial charge < -0.3 is 14.8 Å². The number of hydrogen-bond donors (Lipinski definition) is 1. The Hall–Kier alpha value is -1.26. The first-order chi connectivity index (χ1) is 12.7. The van der Waals surface area contributed by atoms with Crippen LogP contribution in [0.1, 0.15) is 104 Å². The molecule has 0 aliphatic rings. The van der Waals surface area contributed by atoms with Crippen molar-refractivity contribution in [2.45, 2.75) is 110 Å². The highest BCUT2D eigenvalue weighted by Gasteiger charge is 2.22. The number of esters is 1. The first-order valence-corrected chi connectivity index (χ1v) is 10.8. The Bertz CT molecular complexity index is 347. The molecule has 0 bridgehead atoms. The zero-order valence-electron chi connectivity index (χ0n) is 17.3. The fraction of sp³-hybridized carbons (Fsp3) is 0.905. The van der Waals surface area contributed by atoms with E-state index < -0.39 is 12.1 Å². The van der Waals surface area contributed by atoms with Crippen molar-refractivity contribution in [2.24, 2.45) is 0 Å². The molecule has 0 aliphatic heterocycles. The van der Waals surface area contributed by atoms with Gasteiger partial charge >= 0.3 is 12.1 Å². The van der Waals surface area contributed by atoms with Crippen LogP contribution >= 0.6 is 0 Å². The molecule has 0 aromatic heterocycles. The average molecular weight is 372 g/mol. The molecular formula is C21H41NO4. The van der Waals surface area contributed by atoms with Gasteiger partial charge in [0.25, 0.3) is 0 Å². The van der Waals surface area contributed by atoms with E-state index in [1.54, 1.807) is 6.92 Å². The summed E-state index contributed by atoms with van der Waals surface area (Å²) < 4.78 is 10.2. The summed E-state index contributed by atoms with van der Waals surface area (Å²) in [5.74, 6) is -0.345. The van der Waals surface area contributed by atoms with Crippen molar-refractivity contribution in [1.82, 2.24) is 5.32 Å². The summed E-state index contributed by atoms with van der Waals surface area (Å²) in [6, 6.07) is -0.600. The molecule has 1 atom stereocenters. The maximum Gasteiger partial charge on any atom is 0.407 e. The fourth-order valence-corrected chi connectivity index (χ4v) is 2.84. The van der Waals surface area contributed by atoms with Gasteiger partial charge in [0.2, 0.25) is 0 Å². The molecular weight excluding hydrogens is 330 g/mol. The zero-order valence-corrected chi connectivity index (χ0v) is 17.3. The Kier molecular flexibility index (Phi) is 17.6. The number of carbonyl (C=O) groups excluding carboxylic acids is 2. The van der Waals surface area contributed by atoms with E-state index >= 15 is 0 Å². The number of rotatable bonds is 17. The minimum absolute atomic E-state index is 0.292. The second-order valence-corrected chi connectivity index (χ2v) is 6.91. The molecule has 1 N–H and O–H groups in total. The Morgan fingerprint density at radius 1 is 0.731 bits per heavy atom. The van der Waals surface area contributed by atoms with Crippen LogP contribution in [0.5, 0.6) is 0 Å². The lowest BCUT2D eigenvalue weighted by Gasteiger charge is -2.17. The van der Waals surface area contributed by atoms with Gasteiger partial charge in [0.15, 0.2) is 0 Å². The minimum Gasteiger partial charge on any atom is -0.464 e. The fourth-order valence-electron chi connectivity index (χ4n) is 2.84. The smallest absolute Gasteiger partial charge is 0.407 e. The Morgan fingerprint density at radius 2 is 1.27 bits per heavy atom. The van der Waals surface area contributed by atoms with Crippen LogP contribution in [-0.2, 0) is 14.3 Å².